The van der Waals surface area contributed by atoms with Crippen LogP contribution in [0, 0.1) is 13.8 Å². The molecule has 0 radical (unpaired) electrons. The van der Waals surface area contributed by atoms with Gasteiger partial charge in [0.05, 0.1) is 0 Å². The number of benzene rings is 3. The van der Waals surface area contributed by atoms with E-state index in [2.05, 4.69) is 29.7 Å². The molecule has 0 spiro atoms. The molecule has 1 unspecified atom stereocenters. The van der Waals surface area contributed by atoms with Crippen LogP contribution < -0.4 is 10.6 Å². The first-order valence-corrected chi connectivity index (χ1v) is 8.83. The lowest BCUT2D eigenvalue weighted by Gasteiger charge is -2.16. The van der Waals surface area contributed by atoms with E-state index in [1.165, 1.54) is 5.56 Å². The highest BCUT2D eigenvalue weighted by atomic mass is 16.1. The van der Waals surface area contributed by atoms with Gasteiger partial charge in [-0.1, -0.05) is 48.0 Å². The Labute approximate surface area is 155 Å². The van der Waals surface area contributed by atoms with Gasteiger partial charge < -0.3 is 10.6 Å². The van der Waals surface area contributed by atoms with Gasteiger partial charge in [0.15, 0.2) is 0 Å². The SMILES string of the molecule is Cc1ccc(C)c(C(=O)Nc2ccc(NC(C)c3ccccc3)cc2)c1. The number of aryl methyl sites for hydroxylation is 2. The molecule has 3 nitrogen and oxygen atoms in total. The summed E-state index contributed by atoms with van der Waals surface area (Å²) in [6.45, 7) is 6.07. The minimum absolute atomic E-state index is 0.0791. The first-order chi connectivity index (χ1) is 12.5. The van der Waals surface area contributed by atoms with E-state index in [-0.39, 0.29) is 11.9 Å². The van der Waals surface area contributed by atoms with Gasteiger partial charge in [0.2, 0.25) is 0 Å². The van der Waals surface area contributed by atoms with Crippen molar-refractivity contribution in [1.29, 1.82) is 0 Å². The molecule has 0 heterocycles. The molecule has 132 valence electrons. The van der Waals surface area contributed by atoms with E-state index in [1.54, 1.807) is 0 Å². The molecule has 0 aliphatic heterocycles. The fraction of sp³-hybridized carbons (Fsp3) is 0.174. The molecule has 0 saturated carbocycles. The van der Waals surface area contributed by atoms with Crippen molar-refractivity contribution in [3.63, 3.8) is 0 Å². The second-order valence-corrected chi connectivity index (χ2v) is 6.63. The summed E-state index contributed by atoms with van der Waals surface area (Å²) in [4.78, 5) is 12.5. The van der Waals surface area contributed by atoms with Crippen LogP contribution in [0.15, 0.2) is 72.8 Å². The van der Waals surface area contributed by atoms with Crippen LogP contribution in [0.25, 0.3) is 0 Å². The standard InChI is InChI=1S/C23H24N2O/c1-16-9-10-17(2)22(15-16)23(26)25-21-13-11-20(12-14-21)24-18(3)19-7-5-4-6-8-19/h4-15,18,24H,1-3H3,(H,25,26). The number of hydrogen-bond donors (Lipinski definition) is 2. The molecule has 0 bridgehead atoms. The maximum atomic E-state index is 12.5. The molecule has 0 aliphatic carbocycles. The lowest BCUT2D eigenvalue weighted by molar-refractivity contribution is 0.102. The van der Waals surface area contributed by atoms with Crippen molar-refractivity contribution in [2.45, 2.75) is 26.8 Å². The third kappa shape index (κ3) is 4.31. The Morgan fingerprint density at radius 3 is 2.19 bits per heavy atom. The Morgan fingerprint density at radius 1 is 0.846 bits per heavy atom. The van der Waals surface area contributed by atoms with Gasteiger partial charge in [0, 0.05) is 23.0 Å². The zero-order valence-electron chi connectivity index (χ0n) is 15.4. The van der Waals surface area contributed by atoms with E-state index >= 15 is 0 Å². The predicted molar refractivity (Wildman–Crippen MR) is 109 cm³/mol. The first kappa shape index (κ1) is 17.7. The second kappa shape index (κ2) is 7.87. The summed E-state index contributed by atoms with van der Waals surface area (Å²) < 4.78 is 0. The van der Waals surface area contributed by atoms with Gasteiger partial charge in [-0.3, -0.25) is 4.79 Å². The molecule has 3 aromatic carbocycles. The number of carbonyl (C=O) groups is 1. The Bertz CT molecular complexity index is 886. The number of nitrogens with one attached hydrogen (secondary N) is 2. The Balaban J connectivity index is 1.66. The highest BCUT2D eigenvalue weighted by Gasteiger charge is 2.10. The third-order valence-electron chi connectivity index (χ3n) is 4.46. The minimum atomic E-state index is -0.0791. The van der Waals surface area contributed by atoms with E-state index < -0.39 is 0 Å². The average molecular weight is 344 g/mol. The van der Waals surface area contributed by atoms with Crippen molar-refractivity contribution in [2.75, 3.05) is 10.6 Å². The summed E-state index contributed by atoms with van der Waals surface area (Å²) >= 11 is 0. The molecule has 3 aromatic rings. The summed E-state index contributed by atoms with van der Waals surface area (Å²) in [5.41, 5.74) is 5.81. The van der Waals surface area contributed by atoms with Crippen molar-refractivity contribution in [2.24, 2.45) is 0 Å². The second-order valence-electron chi connectivity index (χ2n) is 6.63. The molecule has 0 fully saturated rings. The molecule has 1 atom stereocenters. The average Bonchev–Trinajstić information content (AvgIpc) is 2.66. The van der Waals surface area contributed by atoms with Crippen LogP contribution in [-0.2, 0) is 0 Å². The van der Waals surface area contributed by atoms with Crippen molar-refractivity contribution in [3.8, 4) is 0 Å². The molecule has 0 aliphatic rings. The highest BCUT2D eigenvalue weighted by molar-refractivity contribution is 6.05. The molecule has 3 rings (SSSR count). The zero-order valence-corrected chi connectivity index (χ0v) is 15.4. The molecular formula is C23H24N2O. The molecular weight excluding hydrogens is 320 g/mol. The van der Waals surface area contributed by atoms with Crippen LogP contribution in [0.5, 0.6) is 0 Å². The molecule has 0 saturated heterocycles. The van der Waals surface area contributed by atoms with Crippen LogP contribution in [0.4, 0.5) is 11.4 Å². The highest BCUT2D eigenvalue weighted by Crippen LogP contribution is 2.21. The summed E-state index contributed by atoms with van der Waals surface area (Å²) in [6.07, 6.45) is 0. The lowest BCUT2D eigenvalue weighted by Crippen LogP contribution is -2.13. The van der Waals surface area contributed by atoms with Gasteiger partial charge >= 0.3 is 0 Å². The normalized spacial score (nSPS) is 11.7. The van der Waals surface area contributed by atoms with Crippen molar-refractivity contribution < 1.29 is 4.79 Å². The molecule has 2 N–H and O–H groups in total. The lowest BCUT2D eigenvalue weighted by atomic mass is 10.0. The molecule has 3 heteroatoms. The maximum Gasteiger partial charge on any atom is 0.255 e. The fourth-order valence-corrected chi connectivity index (χ4v) is 2.90. The number of amides is 1. The predicted octanol–water partition coefficient (Wildman–Crippen LogP) is 5.73. The monoisotopic (exact) mass is 344 g/mol. The number of hydrogen-bond acceptors (Lipinski definition) is 2. The Morgan fingerprint density at radius 2 is 1.50 bits per heavy atom. The quantitative estimate of drug-likeness (QED) is 0.620. The van der Waals surface area contributed by atoms with Crippen LogP contribution in [0.3, 0.4) is 0 Å². The fourth-order valence-electron chi connectivity index (χ4n) is 2.90. The van der Waals surface area contributed by atoms with Crippen LogP contribution in [0.2, 0.25) is 0 Å². The number of carbonyl (C=O) groups excluding carboxylic acids is 1. The largest absolute Gasteiger partial charge is 0.379 e. The van der Waals surface area contributed by atoms with Gasteiger partial charge in [-0.05, 0) is 62.2 Å². The van der Waals surface area contributed by atoms with Crippen LogP contribution in [0.1, 0.15) is 40.0 Å². The van der Waals surface area contributed by atoms with Crippen LogP contribution in [-0.4, -0.2) is 5.91 Å². The minimum Gasteiger partial charge on any atom is -0.379 e. The van der Waals surface area contributed by atoms with Crippen molar-refractivity contribution in [3.05, 3.63) is 95.1 Å². The summed E-state index contributed by atoms with van der Waals surface area (Å²) in [5.74, 6) is -0.0791. The Hall–Kier alpha value is -3.07. The van der Waals surface area contributed by atoms with E-state index in [0.717, 1.165) is 22.5 Å². The van der Waals surface area contributed by atoms with E-state index in [9.17, 15) is 4.79 Å². The molecule has 1 amide bonds. The van der Waals surface area contributed by atoms with Crippen LogP contribution >= 0.6 is 0 Å². The smallest absolute Gasteiger partial charge is 0.255 e. The summed E-state index contributed by atoms with van der Waals surface area (Å²) in [5, 5.41) is 6.45. The molecule has 0 aromatic heterocycles. The van der Waals surface area contributed by atoms with E-state index in [0.29, 0.717) is 5.56 Å². The van der Waals surface area contributed by atoms with Gasteiger partial charge in [-0.15, -0.1) is 0 Å². The summed E-state index contributed by atoms with van der Waals surface area (Å²) in [6, 6.07) is 24.2. The first-order valence-electron chi connectivity index (χ1n) is 8.83. The van der Waals surface area contributed by atoms with Crippen molar-refractivity contribution in [1.82, 2.24) is 0 Å². The summed E-state index contributed by atoms with van der Waals surface area (Å²) in [7, 11) is 0. The topological polar surface area (TPSA) is 41.1 Å². The zero-order chi connectivity index (χ0) is 18.5. The van der Waals surface area contributed by atoms with Gasteiger partial charge in [0.1, 0.15) is 0 Å². The van der Waals surface area contributed by atoms with Gasteiger partial charge in [0.25, 0.3) is 5.91 Å². The number of rotatable bonds is 5. The molecule has 26 heavy (non-hydrogen) atoms. The Kier molecular flexibility index (Phi) is 5.37. The maximum absolute atomic E-state index is 12.5. The number of anilines is 2. The van der Waals surface area contributed by atoms with Crippen molar-refractivity contribution >= 4 is 17.3 Å². The third-order valence-corrected chi connectivity index (χ3v) is 4.46. The van der Waals surface area contributed by atoms with Gasteiger partial charge in [-0.2, -0.15) is 0 Å². The van der Waals surface area contributed by atoms with E-state index in [1.807, 2.05) is 74.5 Å². The van der Waals surface area contributed by atoms with E-state index in [4.69, 9.17) is 0 Å². The van der Waals surface area contributed by atoms with Gasteiger partial charge in [-0.25, -0.2) is 0 Å².